The Morgan fingerprint density at radius 3 is 2.89 bits per heavy atom. The summed E-state index contributed by atoms with van der Waals surface area (Å²) in [6.07, 6.45) is 4.01. The van der Waals surface area contributed by atoms with E-state index >= 15 is 0 Å². The van der Waals surface area contributed by atoms with Crippen LogP contribution in [0.4, 0.5) is 0 Å². The number of carbonyl (C=O) groups excluding carboxylic acids is 2. The molecular weight excluding hydrogens is 364 g/mol. The van der Waals surface area contributed by atoms with Crippen LogP contribution in [-0.4, -0.2) is 40.7 Å². The number of aromatic nitrogens is 1. The Balaban J connectivity index is 1.76. The fraction of sp³-hybridized carbons (Fsp3) is 0.429. The average Bonchev–Trinajstić information content (AvgIpc) is 3.05. The van der Waals surface area contributed by atoms with Gasteiger partial charge in [0.1, 0.15) is 5.38 Å². The smallest absolute Gasteiger partial charge is 0.323 e. The molecule has 1 unspecified atom stereocenters. The molecule has 2 aliphatic rings. The third-order valence-electron chi connectivity index (χ3n) is 5.79. The molecule has 5 nitrogen and oxygen atoms in total. The quantitative estimate of drug-likeness (QED) is 0.642. The molecule has 0 saturated heterocycles. The highest BCUT2D eigenvalue weighted by Gasteiger charge is 2.40. The van der Waals surface area contributed by atoms with Gasteiger partial charge in [-0.3, -0.25) is 9.59 Å². The molecule has 1 N–H and O–H groups in total. The molecule has 6 heteroatoms. The average molecular weight is 387 g/mol. The zero-order valence-corrected chi connectivity index (χ0v) is 16.3. The fourth-order valence-corrected chi connectivity index (χ4v) is 4.84. The summed E-state index contributed by atoms with van der Waals surface area (Å²) in [4.78, 5) is 29.8. The van der Waals surface area contributed by atoms with Gasteiger partial charge >= 0.3 is 5.97 Å². The number of nitrogens with zero attached hydrogens (tertiary/aromatic N) is 1. The van der Waals surface area contributed by atoms with E-state index in [1.807, 2.05) is 12.3 Å². The number of hydrogen-bond donors (Lipinski definition) is 1. The molecular formula is C21H23ClN2O3. The molecule has 1 aromatic carbocycles. The molecule has 3 heterocycles. The first-order valence-corrected chi connectivity index (χ1v) is 9.72. The van der Waals surface area contributed by atoms with Crippen molar-refractivity contribution in [3.05, 3.63) is 47.3 Å². The number of halogens is 1. The number of esters is 1. The van der Waals surface area contributed by atoms with Crippen molar-refractivity contribution in [3.63, 3.8) is 0 Å². The fourth-order valence-electron chi connectivity index (χ4n) is 4.52. The molecule has 0 amide bonds. The number of alkyl halides is 1. The zero-order valence-electron chi connectivity index (χ0n) is 15.5. The van der Waals surface area contributed by atoms with E-state index in [4.69, 9.17) is 16.3 Å². The first kappa shape index (κ1) is 18.1. The highest BCUT2D eigenvalue weighted by molar-refractivity contribution is 6.29. The van der Waals surface area contributed by atoms with Gasteiger partial charge in [0, 0.05) is 34.9 Å². The summed E-state index contributed by atoms with van der Waals surface area (Å²) in [6.45, 7) is 2.44. The molecule has 0 spiro atoms. The van der Waals surface area contributed by atoms with Crippen molar-refractivity contribution < 1.29 is 14.3 Å². The lowest BCUT2D eigenvalue weighted by Crippen LogP contribution is -2.41. The summed E-state index contributed by atoms with van der Waals surface area (Å²) >= 11 is 6.32. The second kappa shape index (κ2) is 7.04. The topological polar surface area (TPSA) is 62.4 Å². The Kier molecular flexibility index (Phi) is 4.72. The van der Waals surface area contributed by atoms with Crippen molar-refractivity contribution in [2.45, 2.75) is 37.6 Å². The second-order valence-electron chi connectivity index (χ2n) is 7.40. The molecule has 0 aliphatic carbocycles. The number of Topliss-reactive ketones (excluding diaryl/α,β-unsaturated/α-hetero) is 1. The Morgan fingerprint density at radius 2 is 2.15 bits per heavy atom. The highest BCUT2D eigenvalue weighted by atomic mass is 35.5. The predicted octanol–water partition coefficient (Wildman–Crippen LogP) is 3.73. The maximum absolute atomic E-state index is 12.1. The van der Waals surface area contributed by atoms with Crippen LogP contribution in [0.2, 0.25) is 0 Å². The Hall–Kier alpha value is -2.27. The lowest BCUT2D eigenvalue weighted by Gasteiger charge is -2.44. The van der Waals surface area contributed by atoms with E-state index < -0.39 is 11.3 Å². The maximum atomic E-state index is 12.1. The van der Waals surface area contributed by atoms with E-state index in [0.717, 1.165) is 24.1 Å². The number of methoxy groups -OCH3 is 1. The highest BCUT2D eigenvalue weighted by Crippen LogP contribution is 2.45. The molecule has 27 heavy (non-hydrogen) atoms. The van der Waals surface area contributed by atoms with E-state index in [0.29, 0.717) is 12.8 Å². The van der Waals surface area contributed by atoms with Crippen LogP contribution < -0.4 is 0 Å². The van der Waals surface area contributed by atoms with Gasteiger partial charge in [0.05, 0.1) is 13.2 Å². The molecule has 142 valence electrons. The van der Waals surface area contributed by atoms with Crippen molar-refractivity contribution in [2.24, 2.45) is 5.92 Å². The van der Waals surface area contributed by atoms with E-state index in [1.54, 1.807) is 6.92 Å². The van der Waals surface area contributed by atoms with Crippen LogP contribution in [0.5, 0.6) is 0 Å². The number of ether oxygens (including phenoxy) is 1. The lowest BCUT2D eigenvalue weighted by molar-refractivity contribution is -0.140. The number of allylic oxidation sites excluding steroid dienone is 1. The minimum Gasteiger partial charge on any atom is -0.468 e. The number of carbonyl (C=O) groups is 2. The second-order valence-corrected chi connectivity index (χ2v) is 7.92. The van der Waals surface area contributed by atoms with Gasteiger partial charge in [0.2, 0.25) is 0 Å². The number of nitrogens with one attached hydrogen (secondary N) is 1. The number of rotatable bonds is 4. The van der Waals surface area contributed by atoms with Gasteiger partial charge in [-0.15, -0.1) is 11.6 Å². The Labute approximate surface area is 163 Å². The third-order valence-corrected chi connectivity index (χ3v) is 6.15. The largest absolute Gasteiger partial charge is 0.468 e. The predicted molar refractivity (Wildman–Crippen MR) is 105 cm³/mol. The van der Waals surface area contributed by atoms with Gasteiger partial charge in [-0.25, -0.2) is 0 Å². The monoisotopic (exact) mass is 386 g/mol. The van der Waals surface area contributed by atoms with Crippen molar-refractivity contribution in [1.82, 2.24) is 9.88 Å². The van der Waals surface area contributed by atoms with E-state index in [2.05, 4.69) is 28.1 Å². The molecule has 0 radical (unpaired) electrons. The van der Waals surface area contributed by atoms with Crippen LogP contribution in [0.1, 0.15) is 37.1 Å². The third kappa shape index (κ3) is 3.14. The van der Waals surface area contributed by atoms with Gasteiger partial charge in [-0.1, -0.05) is 18.2 Å². The zero-order chi connectivity index (χ0) is 19.1. The first-order chi connectivity index (χ1) is 13.0. The summed E-state index contributed by atoms with van der Waals surface area (Å²) in [5.74, 6) is -0.289. The number of fused-ring (bicyclic) bond motifs is 5. The van der Waals surface area contributed by atoms with Gasteiger partial charge in [0.25, 0.3) is 0 Å². The Bertz CT molecular complexity index is 933. The molecule has 2 aromatic rings. The van der Waals surface area contributed by atoms with Crippen LogP contribution in [0.15, 0.2) is 36.0 Å². The van der Waals surface area contributed by atoms with Crippen molar-refractivity contribution >= 4 is 34.3 Å². The normalized spacial score (nSPS) is 22.6. The summed E-state index contributed by atoms with van der Waals surface area (Å²) in [6, 6.07) is 8.40. The lowest BCUT2D eigenvalue weighted by atomic mass is 9.79. The number of hydrogen-bond acceptors (Lipinski definition) is 4. The number of H-pyrrole nitrogens is 1. The number of benzene rings is 1. The van der Waals surface area contributed by atoms with Crippen LogP contribution in [0.25, 0.3) is 10.9 Å². The van der Waals surface area contributed by atoms with Gasteiger partial charge in [-0.2, -0.15) is 0 Å². The summed E-state index contributed by atoms with van der Waals surface area (Å²) < 4.78 is 4.81. The maximum Gasteiger partial charge on any atom is 0.323 e. The van der Waals surface area contributed by atoms with Gasteiger partial charge < -0.3 is 14.6 Å². The molecule has 4 rings (SSSR count). The van der Waals surface area contributed by atoms with E-state index in [-0.39, 0.29) is 17.7 Å². The molecule has 0 saturated carbocycles. The van der Waals surface area contributed by atoms with Crippen molar-refractivity contribution in [2.75, 3.05) is 13.7 Å². The number of para-hydroxylation sites is 1. The summed E-state index contributed by atoms with van der Waals surface area (Å²) in [5, 5.41) is 0.533. The molecule has 0 bridgehead atoms. The SMILES string of the molecule is COC(=O)C(Cl)C[C@H]1CC(C(C)=O)=CN2CCc3c([nH]c4ccccc34)[C@@H]12. The van der Waals surface area contributed by atoms with Crippen molar-refractivity contribution in [3.8, 4) is 0 Å². The van der Waals surface area contributed by atoms with E-state index in [1.165, 1.54) is 23.8 Å². The Morgan fingerprint density at radius 1 is 1.37 bits per heavy atom. The standard InChI is InChI=1S/C21H23ClN2O3/c1-12(25)14-9-13(10-17(22)21(26)27-2)20-19-16(7-8-24(20)11-14)15-5-3-4-6-18(15)23-19/h3-6,11,13,17,20,23H,7-10H2,1-2H3/t13-,17?,20-/m1/s1. The first-order valence-electron chi connectivity index (χ1n) is 9.28. The van der Waals surface area contributed by atoms with Crippen LogP contribution in [0, 0.1) is 5.92 Å². The van der Waals surface area contributed by atoms with E-state index in [9.17, 15) is 9.59 Å². The summed E-state index contributed by atoms with van der Waals surface area (Å²) in [5.41, 5.74) is 4.44. The molecule has 0 fully saturated rings. The minimum absolute atomic E-state index is 0.0580. The molecule has 2 aliphatic heterocycles. The van der Waals surface area contributed by atoms with Gasteiger partial charge in [-0.05, 0) is 43.7 Å². The molecule has 3 atom stereocenters. The van der Waals surface area contributed by atoms with Crippen LogP contribution in [-0.2, 0) is 20.7 Å². The van der Waals surface area contributed by atoms with Gasteiger partial charge in [0.15, 0.2) is 5.78 Å². The van der Waals surface area contributed by atoms with Crippen LogP contribution in [0.3, 0.4) is 0 Å². The number of ketones is 1. The van der Waals surface area contributed by atoms with Crippen LogP contribution >= 0.6 is 11.6 Å². The summed E-state index contributed by atoms with van der Waals surface area (Å²) in [7, 11) is 1.35. The minimum atomic E-state index is -0.720. The number of aromatic amines is 1. The molecule has 1 aromatic heterocycles. The van der Waals surface area contributed by atoms with Crippen molar-refractivity contribution in [1.29, 1.82) is 0 Å².